The number of nitriles is 1. The average Bonchev–Trinajstić information content (AvgIpc) is 3.39. The molecule has 0 fully saturated rings. The Morgan fingerprint density at radius 3 is 2.79 bits per heavy atom. The number of carbonyl (C=O) groups excluding carboxylic acids is 1. The largest absolute Gasteiger partial charge is 0.340 e. The van der Waals surface area contributed by atoms with Crippen LogP contribution in [0.1, 0.15) is 31.7 Å². The molecule has 0 bridgehead atoms. The van der Waals surface area contributed by atoms with Crippen LogP contribution in [-0.2, 0) is 4.79 Å². The van der Waals surface area contributed by atoms with Crippen LogP contribution < -0.4 is 5.32 Å². The molecule has 0 radical (unpaired) electrons. The van der Waals surface area contributed by atoms with Gasteiger partial charge < -0.3 is 10.3 Å². The van der Waals surface area contributed by atoms with Gasteiger partial charge >= 0.3 is 0 Å². The number of aryl methyl sites for hydroxylation is 1. The number of H-pyrrole nitrogens is 2. The van der Waals surface area contributed by atoms with E-state index in [1.807, 2.05) is 32.9 Å². The van der Waals surface area contributed by atoms with Crippen molar-refractivity contribution in [1.82, 2.24) is 30.1 Å². The van der Waals surface area contributed by atoms with Crippen LogP contribution in [-0.4, -0.2) is 36.0 Å². The fraction of sp³-hybridized carbons (Fsp3) is 0.200. The van der Waals surface area contributed by atoms with Gasteiger partial charge in [0, 0.05) is 35.6 Å². The number of amides is 1. The van der Waals surface area contributed by atoms with Crippen molar-refractivity contribution in [3.63, 3.8) is 0 Å². The van der Waals surface area contributed by atoms with Crippen LogP contribution in [0.25, 0.3) is 39.3 Å². The van der Waals surface area contributed by atoms with Crippen molar-refractivity contribution in [1.29, 1.82) is 5.26 Å². The summed E-state index contributed by atoms with van der Waals surface area (Å²) in [6, 6.07) is 5.96. The first-order valence-electron chi connectivity index (χ1n) is 10.8. The summed E-state index contributed by atoms with van der Waals surface area (Å²) in [5.41, 5.74) is 5.16. The standard InChI is InChI=1S/C25H24N8O/c1-5-6-16(10-26)22-15(4)29-25(31-22)23-20-9-18(12-28-24(20)33-32-23)17-8-19(13-27-11-17)30-21(34)7-14(2)3/h5-6,8-9,11-14H,1,7H2,2-4H3,(H,29,31)(H,30,34)(H,28,32,33)/b16-6-. The van der Waals surface area contributed by atoms with Gasteiger partial charge in [0.15, 0.2) is 11.5 Å². The number of rotatable bonds is 7. The molecule has 4 aromatic heterocycles. The van der Waals surface area contributed by atoms with Gasteiger partial charge in [0.2, 0.25) is 5.91 Å². The zero-order chi connectivity index (χ0) is 24.2. The number of allylic oxidation sites excluding steroid dienone is 3. The van der Waals surface area contributed by atoms with Crippen molar-refractivity contribution >= 4 is 28.2 Å². The molecule has 34 heavy (non-hydrogen) atoms. The summed E-state index contributed by atoms with van der Waals surface area (Å²) in [6.45, 7) is 9.51. The smallest absolute Gasteiger partial charge is 0.224 e. The number of nitrogens with zero attached hydrogens (tertiary/aromatic N) is 5. The highest BCUT2D eigenvalue weighted by Crippen LogP contribution is 2.30. The number of nitrogens with one attached hydrogen (secondary N) is 3. The molecule has 0 aliphatic carbocycles. The number of pyridine rings is 2. The lowest BCUT2D eigenvalue weighted by molar-refractivity contribution is -0.116. The van der Waals surface area contributed by atoms with Crippen molar-refractivity contribution in [2.45, 2.75) is 27.2 Å². The summed E-state index contributed by atoms with van der Waals surface area (Å²) < 4.78 is 0. The van der Waals surface area contributed by atoms with E-state index in [0.29, 0.717) is 40.5 Å². The summed E-state index contributed by atoms with van der Waals surface area (Å²) in [7, 11) is 0. The first kappa shape index (κ1) is 22.6. The third kappa shape index (κ3) is 4.61. The van der Waals surface area contributed by atoms with Crippen LogP contribution in [0.4, 0.5) is 5.69 Å². The Balaban J connectivity index is 1.70. The highest BCUT2D eigenvalue weighted by atomic mass is 16.1. The maximum atomic E-state index is 12.1. The van der Waals surface area contributed by atoms with Crippen LogP contribution >= 0.6 is 0 Å². The molecular weight excluding hydrogens is 428 g/mol. The number of anilines is 1. The van der Waals surface area contributed by atoms with E-state index >= 15 is 0 Å². The number of fused-ring (bicyclic) bond motifs is 1. The first-order valence-corrected chi connectivity index (χ1v) is 10.8. The van der Waals surface area contributed by atoms with Crippen LogP contribution in [0.15, 0.2) is 49.5 Å². The molecular formula is C25H24N8O. The number of carbonyl (C=O) groups is 1. The van der Waals surface area contributed by atoms with Gasteiger partial charge in [-0.2, -0.15) is 10.4 Å². The molecule has 0 aliphatic heterocycles. The number of aromatic amines is 2. The Morgan fingerprint density at radius 2 is 2.06 bits per heavy atom. The molecule has 0 saturated carbocycles. The van der Waals surface area contributed by atoms with E-state index in [2.05, 4.69) is 48.1 Å². The minimum Gasteiger partial charge on any atom is -0.340 e. The molecule has 4 rings (SSSR count). The molecule has 9 nitrogen and oxygen atoms in total. The summed E-state index contributed by atoms with van der Waals surface area (Å²) in [4.78, 5) is 28.7. The predicted octanol–water partition coefficient (Wildman–Crippen LogP) is 4.80. The molecule has 0 unspecified atom stereocenters. The van der Waals surface area contributed by atoms with Crippen LogP contribution in [0.5, 0.6) is 0 Å². The van der Waals surface area contributed by atoms with E-state index in [1.54, 1.807) is 30.7 Å². The molecule has 0 aliphatic rings. The summed E-state index contributed by atoms with van der Waals surface area (Å²) >= 11 is 0. The van der Waals surface area contributed by atoms with Crippen molar-refractivity contribution in [2.24, 2.45) is 5.92 Å². The van der Waals surface area contributed by atoms with Crippen molar-refractivity contribution in [3.05, 3.63) is 60.8 Å². The summed E-state index contributed by atoms with van der Waals surface area (Å²) in [5.74, 6) is 0.766. The number of aromatic nitrogens is 6. The lowest BCUT2D eigenvalue weighted by Crippen LogP contribution is -2.13. The highest BCUT2D eigenvalue weighted by molar-refractivity contribution is 5.94. The summed E-state index contributed by atoms with van der Waals surface area (Å²) in [5, 5.41) is 20.4. The normalized spacial score (nSPS) is 11.6. The Bertz CT molecular complexity index is 1450. The average molecular weight is 453 g/mol. The quantitative estimate of drug-likeness (QED) is 0.272. The van der Waals surface area contributed by atoms with E-state index in [0.717, 1.165) is 22.2 Å². The second-order valence-electron chi connectivity index (χ2n) is 8.29. The van der Waals surface area contributed by atoms with Gasteiger partial charge in [-0.25, -0.2) is 9.97 Å². The van der Waals surface area contributed by atoms with E-state index in [9.17, 15) is 10.1 Å². The summed E-state index contributed by atoms with van der Waals surface area (Å²) in [6.07, 6.45) is 8.67. The van der Waals surface area contributed by atoms with E-state index in [-0.39, 0.29) is 11.8 Å². The van der Waals surface area contributed by atoms with E-state index in [4.69, 9.17) is 0 Å². The maximum Gasteiger partial charge on any atom is 0.224 e. The van der Waals surface area contributed by atoms with Crippen LogP contribution in [0.2, 0.25) is 0 Å². The number of imidazole rings is 1. The van der Waals surface area contributed by atoms with Crippen molar-refractivity contribution in [3.8, 4) is 28.7 Å². The van der Waals surface area contributed by atoms with Gasteiger partial charge in [-0.15, -0.1) is 0 Å². The third-order valence-corrected chi connectivity index (χ3v) is 5.14. The molecule has 0 atom stereocenters. The molecule has 0 aromatic carbocycles. The second kappa shape index (κ2) is 9.50. The molecule has 0 saturated heterocycles. The Hall–Kier alpha value is -4.58. The van der Waals surface area contributed by atoms with Gasteiger partial charge in [0.05, 0.1) is 22.8 Å². The predicted molar refractivity (Wildman–Crippen MR) is 131 cm³/mol. The van der Waals surface area contributed by atoms with Gasteiger partial charge in [-0.05, 0) is 31.1 Å². The minimum absolute atomic E-state index is 0.0501. The molecule has 170 valence electrons. The second-order valence-corrected chi connectivity index (χ2v) is 8.29. The molecule has 4 aromatic rings. The first-order chi connectivity index (χ1) is 16.4. The van der Waals surface area contributed by atoms with E-state index < -0.39 is 0 Å². The fourth-order valence-corrected chi connectivity index (χ4v) is 3.62. The number of hydrogen-bond acceptors (Lipinski definition) is 6. The third-order valence-electron chi connectivity index (χ3n) is 5.14. The Morgan fingerprint density at radius 1 is 1.26 bits per heavy atom. The van der Waals surface area contributed by atoms with E-state index in [1.165, 1.54) is 0 Å². The topological polar surface area (TPSA) is 136 Å². The fourth-order valence-electron chi connectivity index (χ4n) is 3.62. The highest BCUT2D eigenvalue weighted by Gasteiger charge is 2.17. The monoisotopic (exact) mass is 452 g/mol. The van der Waals surface area contributed by atoms with Gasteiger partial charge in [0.25, 0.3) is 0 Å². The van der Waals surface area contributed by atoms with Crippen molar-refractivity contribution < 1.29 is 4.79 Å². The molecule has 9 heteroatoms. The zero-order valence-corrected chi connectivity index (χ0v) is 19.2. The maximum absolute atomic E-state index is 12.1. The molecule has 3 N–H and O–H groups in total. The zero-order valence-electron chi connectivity index (χ0n) is 19.2. The van der Waals surface area contributed by atoms with Gasteiger partial charge in [0.1, 0.15) is 17.5 Å². The number of hydrogen-bond donors (Lipinski definition) is 3. The Kier molecular flexibility index (Phi) is 6.32. The SMILES string of the molecule is C=C/C=C(/C#N)c1nc(-c2[nH]nc3ncc(-c4cncc(NC(=O)CC(C)C)c4)cc23)[nH]c1C. The molecule has 0 spiro atoms. The lowest BCUT2D eigenvalue weighted by Gasteiger charge is -2.08. The van der Waals surface area contributed by atoms with Crippen LogP contribution in [0.3, 0.4) is 0 Å². The molecule has 4 heterocycles. The van der Waals surface area contributed by atoms with Crippen LogP contribution in [0, 0.1) is 24.2 Å². The lowest BCUT2D eigenvalue weighted by atomic mass is 10.1. The molecule has 1 amide bonds. The van der Waals surface area contributed by atoms with Gasteiger partial charge in [-0.3, -0.25) is 14.9 Å². The van der Waals surface area contributed by atoms with Gasteiger partial charge in [-0.1, -0.05) is 26.5 Å². The van der Waals surface area contributed by atoms with Crippen molar-refractivity contribution in [2.75, 3.05) is 5.32 Å². The Labute approximate surface area is 196 Å². The minimum atomic E-state index is -0.0501.